The quantitative estimate of drug-likeness (QED) is 0.301. The van der Waals surface area contributed by atoms with Gasteiger partial charge in [-0.05, 0) is 73.9 Å². The molecular weight excluding hydrogens is 542 g/mol. The van der Waals surface area contributed by atoms with E-state index in [9.17, 15) is 18.0 Å². The van der Waals surface area contributed by atoms with Gasteiger partial charge in [0.15, 0.2) is 0 Å². The van der Waals surface area contributed by atoms with Crippen molar-refractivity contribution in [1.82, 2.24) is 10.2 Å². The summed E-state index contributed by atoms with van der Waals surface area (Å²) < 4.78 is 39.5. The Labute approximate surface area is 243 Å². The number of anilines is 1. The molecule has 0 spiro atoms. The molecule has 0 heterocycles. The van der Waals surface area contributed by atoms with Gasteiger partial charge in [0.05, 0.1) is 24.3 Å². The average molecular weight is 582 g/mol. The first-order chi connectivity index (χ1) is 19.6. The van der Waals surface area contributed by atoms with E-state index in [1.54, 1.807) is 68.6 Å². The number of sulfonamides is 1. The number of benzene rings is 3. The summed E-state index contributed by atoms with van der Waals surface area (Å²) in [5.41, 5.74) is 1.10. The number of hydrogen-bond donors (Lipinski definition) is 1. The van der Waals surface area contributed by atoms with Gasteiger partial charge in [-0.3, -0.25) is 13.9 Å². The summed E-state index contributed by atoms with van der Waals surface area (Å²) in [5.74, 6) is 0.587. The second kappa shape index (κ2) is 14.5. The second-order valence-electron chi connectivity index (χ2n) is 9.94. The van der Waals surface area contributed by atoms with Crippen molar-refractivity contribution < 1.29 is 27.5 Å². The molecule has 0 saturated heterocycles. The topological polar surface area (TPSA) is 105 Å². The van der Waals surface area contributed by atoms with Crippen LogP contribution in [0.1, 0.15) is 33.3 Å². The third-order valence-corrected chi connectivity index (χ3v) is 8.20. The van der Waals surface area contributed by atoms with E-state index in [-0.39, 0.29) is 23.3 Å². The van der Waals surface area contributed by atoms with Crippen LogP contribution in [0.2, 0.25) is 0 Å². The maximum absolute atomic E-state index is 14.0. The molecule has 10 heteroatoms. The van der Waals surface area contributed by atoms with Crippen molar-refractivity contribution in [3.8, 4) is 11.5 Å². The number of rotatable bonds is 14. The van der Waals surface area contributed by atoms with Gasteiger partial charge in [0.25, 0.3) is 10.0 Å². The highest BCUT2D eigenvalue weighted by molar-refractivity contribution is 7.92. The summed E-state index contributed by atoms with van der Waals surface area (Å²) in [6.07, 6.45) is 0. The molecule has 1 unspecified atom stereocenters. The Balaban J connectivity index is 1.97. The summed E-state index contributed by atoms with van der Waals surface area (Å²) in [6.45, 7) is 7.95. The van der Waals surface area contributed by atoms with E-state index < -0.39 is 28.5 Å². The number of methoxy groups -OCH3 is 1. The van der Waals surface area contributed by atoms with Gasteiger partial charge >= 0.3 is 0 Å². The average Bonchev–Trinajstić information content (AvgIpc) is 2.98. The van der Waals surface area contributed by atoms with E-state index in [1.807, 2.05) is 32.9 Å². The molecule has 1 atom stereocenters. The monoisotopic (exact) mass is 581 g/mol. The molecule has 0 radical (unpaired) electrons. The molecule has 0 aliphatic heterocycles. The lowest BCUT2D eigenvalue weighted by molar-refractivity contribution is -0.139. The molecule has 9 nitrogen and oxygen atoms in total. The molecule has 41 heavy (non-hydrogen) atoms. The number of carbonyl (C=O) groups excluding carboxylic acids is 2. The van der Waals surface area contributed by atoms with E-state index in [0.29, 0.717) is 30.3 Å². The van der Waals surface area contributed by atoms with E-state index >= 15 is 0 Å². The fourth-order valence-corrected chi connectivity index (χ4v) is 5.50. The third-order valence-electron chi connectivity index (χ3n) is 6.41. The first kappa shape index (κ1) is 31.5. The van der Waals surface area contributed by atoms with Crippen LogP contribution in [0.4, 0.5) is 5.69 Å². The summed E-state index contributed by atoms with van der Waals surface area (Å²) in [4.78, 5) is 28.4. The van der Waals surface area contributed by atoms with Gasteiger partial charge in [-0.2, -0.15) is 0 Å². The predicted octanol–water partition coefficient (Wildman–Crippen LogP) is 4.48. The van der Waals surface area contributed by atoms with Crippen LogP contribution in [0.15, 0.2) is 83.8 Å². The van der Waals surface area contributed by atoms with Crippen molar-refractivity contribution in [1.29, 1.82) is 0 Å². The Kier molecular flexibility index (Phi) is 11.2. The number of para-hydroxylation sites is 1. The van der Waals surface area contributed by atoms with Gasteiger partial charge in [0.2, 0.25) is 11.8 Å². The van der Waals surface area contributed by atoms with Crippen LogP contribution in [-0.4, -0.2) is 58.0 Å². The summed E-state index contributed by atoms with van der Waals surface area (Å²) in [7, 11) is -2.59. The zero-order valence-corrected chi connectivity index (χ0v) is 25.1. The number of ether oxygens (including phenoxy) is 2. The van der Waals surface area contributed by atoms with Crippen molar-refractivity contribution in [3.63, 3.8) is 0 Å². The number of hydrogen-bond acceptors (Lipinski definition) is 6. The van der Waals surface area contributed by atoms with Crippen molar-refractivity contribution in [2.24, 2.45) is 5.92 Å². The molecule has 220 valence electrons. The lowest BCUT2D eigenvalue weighted by atomic mass is 10.1. The highest BCUT2D eigenvalue weighted by Crippen LogP contribution is 2.26. The molecule has 0 saturated carbocycles. The molecule has 0 aromatic heterocycles. The van der Waals surface area contributed by atoms with Crippen molar-refractivity contribution in [2.45, 2.75) is 45.2 Å². The summed E-state index contributed by atoms with van der Waals surface area (Å²) in [6, 6.07) is 20.8. The Morgan fingerprint density at radius 1 is 0.878 bits per heavy atom. The Morgan fingerprint density at radius 2 is 1.49 bits per heavy atom. The molecule has 1 N–H and O–H groups in total. The maximum atomic E-state index is 14.0. The van der Waals surface area contributed by atoms with Gasteiger partial charge in [0, 0.05) is 13.1 Å². The van der Waals surface area contributed by atoms with Crippen molar-refractivity contribution >= 4 is 27.5 Å². The van der Waals surface area contributed by atoms with Crippen LogP contribution in [0.3, 0.4) is 0 Å². The van der Waals surface area contributed by atoms with Crippen LogP contribution < -0.4 is 19.1 Å². The second-order valence-corrected chi connectivity index (χ2v) is 11.8. The first-order valence-electron chi connectivity index (χ1n) is 13.6. The number of nitrogens with one attached hydrogen (secondary N) is 1. The Bertz CT molecular complexity index is 1380. The Morgan fingerprint density at radius 3 is 2.05 bits per heavy atom. The van der Waals surface area contributed by atoms with Gasteiger partial charge in [-0.25, -0.2) is 8.42 Å². The Hall–Kier alpha value is -4.05. The molecule has 3 aromatic rings. The lowest BCUT2D eigenvalue weighted by Crippen LogP contribution is -2.51. The minimum absolute atomic E-state index is 0.0158. The van der Waals surface area contributed by atoms with Crippen LogP contribution in [-0.2, 0) is 26.2 Å². The predicted molar refractivity (Wildman–Crippen MR) is 159 cm³/mol. The normalized spacial score (nSPS) is 12.0. The molecule has 0 fully saturated rings. The molecule has 3 aromatic carbocycles. The van der Waals surface area contributed by atoms with Gasteiger partial charge in [-0.1, -0.05) is 44.2 Å². The summed E-state index contributed by atoms with van der Waals surface area (Å²) >= 11 is 0. The fraction of sp³-hybridized carbons (Fsp3) is 0.355. The first-order valence-corrected chi connectivity index (χ1v) is 15.0. The van der Waals surface area contributed by atoms with Crippen LogP contribution >= 0.6 is 0 Å². The number of nitrogens with zero attached hydrogens (tertiary/aromatic N) is 2. The highest BCUT2D eigenvalue weighted by atomic mass is 32.2. The lowest BCUT2D eigenvalue weighted by Gasteiger charge is -2.32. The van der Waals surface area contributed by atoms with Crippen LogP contribution in [0.5, 0.6) is 11.5 Å². The van der Waals surface area contributed by atoms with Crippen LogP contribution in [0, 0.1) is 5.92 Å². The standard InChI is InChI=1S/C31H39N3O6S/c1-6-40-28-16-18-29(19-17-28)41(37,38)34(26-10-8-7-9-11-26)22-30(35)33(24(4)31(36)32-20-23(2)3)21-25-12-14-27(39-5)15-13-25/h7-19,23-24H,6,20-22H2,1-5H3,(H,32,36). The maximum Gasteiger partial charge on any atom is 0.264 e. The van der Waals surface area contributed by atoms with Gasteiger partial charge in [-0.15, -0.1) is 0 Å². The number of carbonyl (C=O) groups is 2. The largest absolute Gasteiger partial charge is 0.497 e. The van der Waals surface area contributed by atoms with Gasteiger partial charge in [0.1, 0.15) is 24.1 Å². The van der Waals surface area contributed by atoms with E-state index in [2.05, 4.69) is 5.32 Å². The van der Waals surface area contributed by atoms with E-state index in [0.717, 1.165) is 9.87 Å². The SMILES string of the molecule is CCOc1ccc(S(=O)(=O)N(CC(=O)N(Cc2ccc(OC)cc2)C(C)C(=O)NCC(C)C)c2ccccc2)cc1. The van der Waals surface area contributed by atoms with Crippen molar-refractivity contribution in [3.05, 3.63) is 84.4 Å². The minimum Gasteiger partial charge on any atom is -0.497 e. The molecule has 2 amide bonds. The van der Waals surface area contributed by atoms with Gasteiger partial charge < -0.3 is 19.7 Å². The third kappa shape index (κ3) is 8.47. The van der Waals surface area contributed by atoms with E-state index in [4.69, 9.17) is 9.47 Å². The van der Waals surface area contributed by atoms with Crippen molar-refractivity contribution in [2.75, 3.05) is 31.1 Å². The fourth-order valence-electron chi connectivity index (χ4n) is 4.09. The van der Waals surface area contributed by atoms with E-state index in [1.165, 1.54) is 17.0 Å². The number of amides is 2. The molecule has 0 aliphatic carbocycles. The van der Waals surface area contributed by atoms with Crippen LogP contribution in [0.25, 0.3) is 0 Å². The minimum atomic E-state index is -4.15. The summed E-state index contributed by atoms with van der Waals surface area (Å²) in [5, 5.41) is 2.88. The molecule has 0 aliphatic rings. The highest BCUT2D eigenvalue weighted by Gasteiger charge is 2.32. The zero-order valence-electron chi connectivity index (χ0n) is 24.2. The molecular formula is C31H39N3O6S. The molecule has 3 rings (SSSR count). The smallest absolute Gasteiger partial charge is 0.264 e. The molecule has 0 bridgehead atoms. The zero-order chi connectivity index (χ0) is 30.0.